The van der Waals surface area contributed by atoms with Crippen molar-refractivity contribution in [3.8, 4) is 11.5 Å². The van der Waals surface area contributed by atoms with Crippen molar-refractivity contribution in [3.63, 3.8) is 0 Å². The zero-order chi connectivity index (χ0) is 24.9. The van der Waals surface area contributed by atoms with Crippen LogP contribution < -0.4 is 20.9 Å². The van der Waals surface area contributed by atoms with E-state index in [4.69, 9.17) is 20.9 Å². The van der Waals surface area contributed by atoms with Crippen LogP contribution in [-0.2, 0) is 24.6 Å². The van der Waals surface area contributed by atoms with E-state index in [0.29, 0.717) is 44.3 Å². The van der Waals surface area contributed by atoms with Crippen molar-refractivity contribution < 1.29 is 14.3 Å². The van der Waals surface area contributed by atoms with E-state index in [9.17, 15) is 4.79 Å². The van der Waals surface area contributed by atoms with Gasteiger partial charge in [-0.15, -0.1) is 0 Å². The first-order chi connectivity index (χ1) is 17.0. The third-order valence-electron chi connectivity index (χ3n) is 5.43. The molecule has 0 aliphatic rings. The molecule has 1 amide bonds. The van der Waals surface area contributed by atoms with Crippen molar-refractivity contribution in [3.05, 3.63) is 95.6 Å². The quantitative estimate of drug-likeness (QED) is 0.219. The van der Waals surface area contributed by atoms with Gasteiger partial charge in [-0.3, -0.25) is 9.79 Å². The van der Waals surface area contributed by atoms with Gasteiger partial charge in [0.1, 0.15) is 13.2 Å². The number of amides is 1. The van der Waals surface area contributed by atoms with Crippen LogP contribution in [0.4, 0.5) is 0 Å². The van der Waals surface area contributed by atoms with Crippen molar-refractivity contribution in [1.29, 1.82) is 0 Å². The van der Waals surface area contributed by atoms with Gasteiger partial charge in [-0.2, -0.15) is 0 Å². The van der Waals surface area contributed by atoms with Crippen molar-refractivity contribution >= 4 is 11.9 Å². The Morgan fingerprint density at radius 1 is 0.800 bits per heavy atom. The molecule has 0 unspecified atom stereocenters. The van der Waals surface area contributed by atoms with E-state index in [0.717, 1.165) is 29.5 Å². The van der Waals surface area contributed by atoms with Crippen LogP contribution in [0.25, 0.3) is 0 Å². The Morgan fingerprint density at radius 2 is 1.40 bits per heavy atom. The molecular weight excluding hydrogens is 440 g/mol. The Hall–Kier alpha value is -4.00. The minimum Gasteiger partial charge on any atom is -0.485 e. The van der Waals surface area contributed by atoms with Crippen LogP contribution in [0.5, 0.6) is 11.5 Å². The molecule has 35 heavy (non-hydrogen) atoms. The Morgan fingerprint density at radius 3 is 1.97 bits per heavy atom. The van der Waals surface area contributed by atoms with E-state index in [1.807, 2.05) is 83.8 Å². The van der Waals surface area contributed by atoms with E-state index in [2.05, 4.69) is 4.99 Å². The number of carbonyl (C=O) groups is 1. The molecule has 7 nitrogen and oxygen atoms in total. The monoisotopic (exact) mass is 474 g/mol. The van der Waals surface area contributed by atoms with Gasteiger partial charge in [0.05, 0.1) is 0 Å². The van der Waals surface area contributed by atoms with Gasteiger partial charge in [-0.05, 0) is 41.7 Å². The number of hydrogen-bond acceptors (Lipinski definition) is 4. The van der Waals surface area contributed by atoms with Gasteiger partial charge in [0, 0.05) is 26.6 Å². The fourth-order valence-corrected chi connectivity index (χ4v) is 3.54. The van der Waals surface area contributed by atoms with Crippen molar-refractivity contribution in [1.82, 2.24) is 4.90 Å². The summed E-state index contributed by atoms with van der Waals surface area (Å²) in [6, 6.07) is 25.8. The highest BCUT2D eigenvalue weighted by Crippen LogP contribution is 2.30. The summed E-state index contributed by atoms with van der Waals surface area (Å²) in [6.45, 7) is 4.11. The molecular formula is C28H34N4O3. The molecule has 0 aliphatic carbocycles. The Kier molecular flexibility index (Phi) is 9.99. The zero-order valence-electron chi connectivity index (χ0n) is 20.2. The number of unbranched alkanes of at least 4 members (excludes halogenated alkanes) is 1. The molecule has 3 aromatic carbocycles. The van der Waals surface area contributed by atoms with Crippen LogP contribution in [0.2, 0.25) is 0 Å². The van der Waals surface area contributed by atoms with Crippen LogP contribution in [0, 0.1) is 0 Å². The topological polar surface area (TPSA) is 103 Å². The zero-order valence-corrected chi connectivity index (χ0v) is 20.2. The molecule has 0 heterocycles. The number of nitrogens with zero attached hydrogens (tertiary/aromatic N) is 2. The van der Waals surface area contributed by atoms with Crippen LogP contribution >= 0.6 is 0 Å². The van der Waals surface area contributed by atoms with E-state index in [1.165, 1.54) is 0 Å². The predicted octanol–water partition coefficient (Wildman–Crippen LogP) is 4.25. The molecule has 184 valence electrons. The second-order valence-electron chi connectivity index (χ2n) is 8.28. The lowest BCUT2D eigenvalue weighted by molar-refractivity contribution is -0.129. The minimum atomic E-state index is 0.0167. The molecule has 7 heteroatoms. The summed E-state index contributed by atoms with van der Waals surface area (Å²) >= 11 is 0. The largest absolute Gasteiger partial charge is 0.485 e. The molecule has 0 saturated heterocycles. The summed E-state index contributed by atoms with van der Waals surface area (Å²) in [5.41, 5.74) is 13.9. The van der Waals surface area contributed by atoms with Gasteiger partial charge in [0.25, 0.3) is 0 Å². The summed E-state index contributed by atoms with van der Waals surface area (Å²) in [5, 5.41) is 0. The first-order valence-corrected chi connectivity index (χ1v) is 11.8. The number of rotatable bonds is 13. The highest BCUT2D eigenvalue weighted by atomic mass is 16.5. The molecule has 3 aromatic rings. The summed E-state index contributed by atoms with van der Waals surface area (Å²) in [7, 11) is 0. The average Bonchev–Trinajstić information content (AvgIpc) is 2.87. The van der Waals surface area contributed by atoms with Crippen LogP contribution in [-0.4, -0.2) is 29.9 Å². The van der Waals surface area contributed by atoms with Crippen LogP contribution in [0.1, 0.15) is 36.5 Å². The van der Waals surface area contributed by atoms with Crippen LogP contribution in [0.3, 0.4) is 0 Å². The normalized spacial score (nSPS) is 10.4. The molecule has 0 saturated carbocycles. The molecule has 0 aliphatic heterocycles. The average molecular weight is 475 g/mol. The lowest BCUT2D eigenvalue weighted by Gasteiger charge is -2.22. The third-order valence-corrected chi connectivity index (χ3v) is 5.43. The fourth-order valence-electron chi connectivity index (χ4n) is 3.54. The maximum atomic E-state index is 12.2. The summed E-state index contributed by atoms with van der Waals surface area (Å²) in [4.78, 5) is 18.1. The maximum absolute atomic E-state index is 12.2. The number of aliphatic imine (C=N–C) groups is 1. The molecule has 3 rings (SSSR count). The lowest BCUT2D eigenvalue weighted by Crippen LogP contribution is -2.29. The van der Waals surface area contributed by atoms with Gasteiger partial charge in [0.2, 0.25) is 5.91 Å². The standard InChI is InChI=1S/C28H34N4O3/c1-22(33)32(17-9-8-16-31-28(29)30)19-25-14-15-26(34-20-23-10-4-2-5-11-23)27(18-25)35-21-24-12-6-3-7-13-24/h2-7,10-15,18H,8-9,16-17,19-21H2,1H3,(H4,29,30,31). The van der Waals surface area contributed by atoms with Gasteiger partial charge in [0.15, 0.2) is 17.5 Å². The Bertz CT molecular complexity index is 1080. The first-order valence-electron chi connectivity index (χ1n) is 11.8. The lowest BCUT2D eigenvalue weighted by atomic mass is 10.1. The highest BCUT2D eigenvalue weighted by Gasteiger charge is 2.13. The SMILES string of the molecule is CC(=O)N(CCCCN=C(N)N)Cc1ccc(OCc2ccccc2)c(OCc2ccccc2)c1. The predicted molar refractivity (Wildman–Crippen MR) is 139 cm³/mol. The smallest absolute Gasteiger partial charge is 0.219 e. The van der Waals surface area contributed by atoms with Gasteiger partial charge >= 0.3 is 0 Å². The molecule has 0 fully saturated rings. The van der Waals surface area contributed by atoms with Crippen molar-refractivity contribution in [2.45, 2.75) is 39.5 Å². The number of ether oxygens (including phenoxy) is 2. The molecule has 4 N–H and O–H groups in total. The first kappa shape index (κ1) is 25.6. The number of benzene rings is 3. The number of nitrogens with two attached hydrogens (primary N) is 2. The second kappa shape index (κ2) is 13.6. The Labute approximate surface area is 207 Å². The molecule has 0 bridgehead atoms. The molecule has 0 spiro atoms. The highest BCUT2D eigenvalue weighted by molar-refractivity contribution is 5.75. The Balaban J connectivity index is 1.70. The van der Waals surface area contributed by atoms with Crippen molar-refractivity contribution in [2.75, 3.05) is 13.1 Å². The number of carbonyl (C=O) groups excluding carboxylic acids is 1. The van der Waals surface area contributed by atoms with E-state index in [-0.39, 0.29) is 11.9 Å². The van der Waals surface area contributed by atoms with Crippen LogP contribution in [0.15, 0.2) is 83.9 Å². The second-order valence-corrected chi connectivity index (χ2v) is 8.28. The molecule has 0 radical (unpaired) electrons. The third kappa shape index (κ3) is 9.04. The van der Waals surface area contributed by atoms with Gasteiger partial charge < -0.3 is 25.8 Å². The van der Waals surface area contributed by atoms with Gasteiger partial charge in [-0.1, -0.05) is 66.7 Å². The summed E-state index contributed by atoms with van der Waals surface area (Å²) < 4.78 is 12.3. The van der Waals surface area contributed by atoms with E-state index in [1.54, 1.807) is 6.92 Å². The molecule has 0 aromatic heterocycles. The minimum absolute atomic E-state index is 0.0167. The van der Waals surface area contributed by atoms with Crippen molar-refractivity contribution in [2.24, 2.45) is 16.5 Å². The summed E-state index contributed by atoms with van der Waals surface area (Å²) in [5.74, 6) is 1.42. The molecule has 0 atom stereocenters. The fraction of sp³-hybridized carbons (Fsp3) is 0.286. The van der Waals surface area contributed by atoms with E-state index < -0.39 is 0 Å². The van der Waals surface area contributed by atoms with E-state index >= 15 is 0 Å². The number of hydrogen-bond donors (Lipinski definition) is 2. The number of guanidine groups is 1. The van der Waals surface area contributed by atoms with Gasteiger partial charge in [-0.25, -0.2) is 0 Å². The maximum Gasteiger partial charge on any atom is 0.219 e. The summed E-state index contributed by atoms with van der Waals surface area (Å²) in [6.07, 6.45) is 1.62.